The highest BCUT2D eigenvalue weighted by Crippen LogP contribution is 2.28. The maximum atomic E-state index is 12.7. The normalized spacial score (nSPS) is 19.4. The highest BCUT2D eigenvalue weighted by atomic mass is 35.5. The smallest absolute Gasteiger partial charge is 0.226 e. The van der Waals surface area contributed by atoms with E-state index >= 15 is 0 Å². The predicted molar refractivity (Wildman–Crippen MR) is 116 cm³/mol. The third-order valence-electron chi connectivity index (χ3n) is 5.85. The van der Waals surface area contributed by atoms with Gasteiger partial charge in [0.15, 0.2) is 0 Å². The van der Waals surface area contributed by atoms with Gasteiger partial charge in [-0.05, 0) is 69.1 Å². The molecule has 6 heteroatoms. The third kappa shape index (κ3) is 6.49. The largest absolute Gasteiger partial charge is 0.495 e. The van der Waals surface area contributed by atoms with Crippen molar-refractivity contribution in [3.05, 3.63) is 34.9 Å². The topological polar surface area (TPSA) is 58.6 Å². The van der Waals surface area contributed by atoms with Gasteiger partial charge in [-0.25, -0.2) is 0 Å². The third-order valence-corrected chi connectivity index (χ3v) is 6.15. The van der Waals surface area contributed by atoms with Gasteiger partial charge in [0.2, 0.25) is 11.8 Å². The fraction of sp³-hybridized carbons (Fsp3) is 0.565. The van der Waals surface area contributed by atoms with Crippen molar-refractivity contribution in [2.75, 3.05) is 25.5 Å². The van der Waals surface area contributed by atoms with Crippen molar-refractivity contribution < 1.29 is 14.3 Å². The molecular weight excluding hydrogens is 388 g/mol. The number of halogens is 1. The lowest BCUT2D eigenvalue weighted by molar-refractivity contribution is -0.132. The summed E-state index contributed by atoms with van der Waals surface area (Å²) in [5, 5.41) is 3.37. The SMILES string of the molecule is COc1ccc(NC(=O)CCC2CCCN(C(=O)CC3=CCCCC3)C2)cc1Cl. The van der Waals surface area contributed by atoms with E-state index in [1.807, 2.05) is 4.90 Å². The van der Waals surface area contributed by atoms with E-state index in [0.717, 1.165) is 45.2 Å². The first kappa shape index (κ1) is 21.7. The number of carbonyl (C=O) groups excluding carboxylic acids is 2. The first-order valence-corrected chi connectivity index (χ1v) is 11.0. The molecule has 1 N–H and O–H groups in total. The number of methoxy groups -OCH3 is 1. The highest BCUT2D eigenvalue weighted by molar-refractivity contribution is 6.32. The Morgan fingerprint density at radius 3 is 2.86 bits per heavy atom. The van der Waals surface area contributed by atoms with Crippen molar-refractivity contribution in [3.63, 3.8) is 0 Å². The van der Waals surface area contributed by atoms with E-state index in [0.29, 0.717) is 35.2 Å². The molecule has 158 valence electrons. The van der Waals surface area contributed by atoms with Gasteiger partial charge in [-0.3, -0.25) is 9.59 Å². The molecular formula is C23H31ClN2O3. The van der Waals surface area contributed by atoms with Gasteiger partial charge in [0, 0.05) is 31.6 Å². The van der Waals surface area contributed by atoms with Crippen molar-refractivity contribution in [1.29, 1.82) is 0 Å². The number of rotatable bonds is 7. The summed E-state index contributed by atoms with van der Waals surface area (Å²) >= 11 is 6.11. The molecule has 0 saturated carbocycles. The second-order valence-electron chi connectivity index (χ2n) is 8.07. The first-order chi connectivity index (χ1) is 14.0. The Morgan fingerprint density at radius 1 is 1.28 bits per heavy atom. The molecule has 0 radical (unpaired) electrons. The van der Waals surface area contributed by atoms with Crippen molar-refractivity contribution >= 4 is 29.1 Å². The number of nitrogens with zero attached hydrogens (tertiary/aromatic N) is 1. The summed E-state index contributed by atoms with van der Waals surface area (Å²) in [4.78, 5) is 27.0. The number of hydrogen-bond donors (Lipinski definition) is 1. The first-order valence-electron chi connectivity index (χ1n) is 10.6. The number of amides is 2. The Morgan fingerprint density at radius 2 is 2.14 bits per heavy atom. The summed E-state index contributed by atoms with van der Waals surface area (Å²) in [5.41, 5.74) is 1.97. The Kier molecular flexibility index (Phi) is 7.99. The van der Waals surface area contributed by atoms with Crippen LogP contribution in [-0.4, -0.2) is 36.9 Å². The van der Waals surface area contributed by atoms with E-state index in [1.54, 1.807) is 25.3 Å². The molecule has 1 unspecified atom stereocenters. The average molecular weight is 419 g/mol. The molecule has 2 aliphatic rings. The Labute approximate surface area is 178 Å². The van der Waals surface area contributed by atoms with Crippen LogP contribution in [0, 0.1) is 5.92 Å². The maximum Gasteiger partial charge on any atom is 0.226 e. The van der Waals surface area contributed by atoms with Gasteiger partial charge >= 0.3 is 0 Å². The predicted octanol–water partition coefficient (Wildman–Crippen LogP) is 5.20. The minimum absolute atomic E-state index is 0.0259. The van der Waals surface area contributed by atoms with Crippen LogP contribution >= 0.6 is 11.6 Å². The van der Waals surface area contributed by atoms with E-state index in [1.165, 1.54) is 18.4 Å². The lowest BCUT2D eigenvalue weighted by atomic mass is 9.92. The van der Waals surface area contributed by atoms with E-state index in [-0.39, 0.29) is 11.8 Å². The van der Waals surface area contributed by atoms with Crippen LogP contribution in [0.1, 0.15) is 57.8 Å². The van der Waals surface area contributed by atoms with Gasteiger partial charge in [-0.1, -0.05) is 23.3 Å². The molecule has 2 amide bonds. The maximum absolute atomic E-state index is 12.7. The van der Waals surface area contributed by atoms with Crippen molar-refractivity contribution in [3.8, 4) is 5.75 Å². The molecule has 1 saturated heterocycles. The molecule has 29 heavy (non-hydrogen) atoms. The van der Waals surface area contributed by atoms with E-state index in [4.69, 9.17) is 16.3 Å². The van der Waals surface area contributed by atoms with Crippen LogP contribution in [0.3, 0.4) is 0 Å². The number of allylic oxidation sites excluding steroid dienone is 1. The Bertz CT molecular complexity index is 762. The lowest BCUT2D eigenvalue weighted by Crippen LogP contribution is -2.40. The van der Waals surface area contributed by atoms with Gasteiger partial charge < -0.3 is 15.0 Å². The summed E-state index contributed by atoms with van der Waals surface area (Å²) in [7, 11) is 1.56. The molecule has 1 fully saturated rings. The summed E-state index contributed by atoms with van der Waals surface area (Å²) < 4.78 is 5.13. The molecule has 1 aromatic rings. The zero-order chi connectivity index (χ0) is 20.6. The lowest BCUT2D eigenvalue weighted by Gasteiger charge is -2.33. The van der Waals surface area contributed by atoms with Crippen LogP contribution in [0.2, 0.25) is 5.02 Å². The van der Waals surface area contributed by atoms with Crippen LogP contribution in [0.15, 0.2) is 29.8 Å². The number of nitrogens with one attached hydrogen (secondary N) is 1. The van der Waals surface area contributed by atoms with Gasteiger partial charge in [0.1, 0.15) is 5.75 Å². The fourth-order valence-electron chi connectivity index (χ4n) is 4.20. The zero-order valence-corrected chi connectivity index (χ0v) is 18.0. The molecule has 0 aromatic heterocycles. The number of carbonyl (C=O) groups is 2. The number of likely N-dealkylation sites (tertiary alicyclic amines) is 1. The molecule has 1 aliphatic carbocycles. The van der Waals surface area contributed by atoms with E-state index < -0.39 is 0 Å². The van der Waals surface area contributed by atoms with E-state index in [2.05, 4.69) is 11.4 Å². The van der Waals surface area contributed by atoms with Crippen molar-refractivity contribution in [1.82, 2.24) is 4.90 Å². The number of ether oxygens (including phenoxy) is 1. The molecule has 1 heterocycles. The molecule has 1 aromatic carbocycles. The molecule has 0 bridgehead atoms. The summed E-state index contributed by atoms with van der Waals surface area (Å²) in [6.45, 7) is 1.62. The molecule has 1 atom stereocenters. The molecule has 5 nitrogen and oxygen atoms in total. The zero-order valence-electron chi connectivity index (χ0n) is 17.2. The van der Waals surface area contributed by atoms with Gasteiger partial charge in [0.25, 0.3) is 0 Å². The minimum Gasteiger partial charge on any atom is -0.495 e. The fourth-order valence-corrected chi connectivity index (χ4v) is 4.46. The van der Waals surface area contributed by atoms with Gasteiger partial charge in [-0.15, -0.1) is 0 Å². The summed E-state index contributed by atoms with van der Waals surface area (Å²) in [6, 6.07) is 5.22. The van der Waals surface area contributed by atoms with Crippen LogP contribution in [0.4, 0.5) is 5.69 Å². The Hall–Kier alpha value is -2.01. The van der Waals surface area contributed by atoms with Crippen LogP contribution in [0.5, 0.6) is 5.75 Å². The second-order valence-corrected chi connectivity index (χ2v) is 8.48. The summed E-state index contributed by atoms with van der Waals surface area (Å²) in [6.07, 6.45) is 10.8. The monoisotopic (exact) mass is 418 g/mol. The summed E-state index contributed by atoms with van der Waals surface area (Å²) in [5.74, 6) is 1.20. The van der Waals surface area contributed by atoms with Crippen LogP contribution in [-0.2, 0) is 9.59 Å². The average Bonchev–Trinajstić information content (AvgIpc) is 2.73. The quantitative estimate of drug-likeness (QED) is 0.619. The standard InChI is InChI=1S/C23H31ClN2O3/c1-29-21-11-10-19(15-20(21)24)25-22(27)12-9-18-8-5-13-26(16-18)23(28)14-17-6-3-2-4-7-17/h6,10-11,15,18H,2-5,7-9,12-14,16H2,1H3,(H,25,27). The van der Waals surface area contributed by atoms with Crippen molar-refractivity contribution in [2.45, 2.75) is 57.8 Å². The van der Waals surface area contributed by atoms with Crippen molar-refractivity contribution in [2.24, 2.45) is 5.92 Å². The van der Waals surface area contributed by atoms with Gasteiger partial charge in [-0.2, -0.15) is 0 Å². The number of hydrogen-bond acceptors (Lipinski definition) is 3. The van der Waals surface area contributed by atoms with E-state index in [9.17, 15) is 9.59 Å². The number of anilines is 1. The number of benzene rings is 1. The molecule has 3 rings (SSSR count). The number of piperidine rings is 1. The second kappa shape index (κ2) is 10.7. The van der Waals surface area contributed by atoms with Crippen LogP contribution < -0.4 is 10.1 Å². The van der Waals surface area contributed by atoms with Crippen LogP contribution in [0.25, 0.3) is 0 Å². The van der Waals surface area contributed by atoms with Gasteiger partial charge in [0.05, 0.1) is 12.1 Å². The highest BCUT2D eigenvalue weighted by Gasteiger charge is 2.24. The minimum atomic E-state index is -0.0259. The molecule has 1 aliphatic heterocycles. The molecule has 0 spiro atoms. The Balaban J connectivity index is 1.44.